The number of nitrogens with one attached hydrogen (secondary N) is 1. The summed E-state index contributed by atoms with van der Waals surface area (Å²) in [6, 6.07) is 2.24. The van der Waals surface area contributed by atoms with Crippen LogP contribution in [0.3, 0.4) is 0 Å². The van der Waals surface area contributed by atoms with Gasteiger partial charge in [-0.3, -0.25) is 4.90 Å². The molecule has 0 atom stereocenters. The topological polar surface area (TPSA) is 28.4 Å². The molecule has 0 spiro atoms. The van der Waals surface area contributed by atoms with Gasteiger partial charge in [-0.1, -0.05) is 20.8 Å². The molecule has 0 aliphatic carbocycles. The first-order valence-corrected chi connectivity index (χ1v) is 8.06. The van der Waals surface area contributed by atoms with Gasteiger partial charge in [0.1, 0.15) is 11.5 Å². The maximum Gasteiger partial charge on any atom is 0.118 e. The van der Waals surface area contributed by atoms with Gasteiger partial charge >= 0.3 is 0 Å². The zero-order valence-corrected chi connectivity index (χ0v) is 13.5. The van der Waals surface area contributed by atoms with E-state index in [4.69, 9.17) is 4.42 Å². The summed E-state index contributed by atoms with van der Waals surface area (Å²) in [6.07, 6.45) is 2.64. The molecule has 1 saturated heterocycles. The Labute approximate surface area is 123 Å². The highest BCUT2D eigenvalue weighted by atomic mass is 16.3. The van der Waals surface area contributed by atoms with Gasteiger partial charge in [0, 0.05) is 12.1 Å². The predicted octanol–water partition coefficient (Wildman–Crippen LogP) is 3.57. The number of aryl methyl sites for hydroxylation is 1. The van der Waals surface area contributed by atoms with Gasteiger partial charge in [0.15, 0.2) is 0 Å². The molecule has 0 saturated carbocycles. The van der Waals surface area contributed by atoms with Crippen LogP contribution in [0.15, 0.2) is 10.5 Å². The van der Waals surface area contributed by atoms with Gasteiger partial charge < -0.3 is 9.73 Å². The predicted molar refractivity (Wildman–Crippen MR) is 83.7 cm³/mol. The van der Waals surface area contributed by atoms with Gasteiger partial charge in [-0.15, -0.1) is 0 Å². The number of hydrogen-bond acceptors (Lipinski definition) is 3. The fourth-order valence-corrected chi connectivity index (χ4v) is 2.78. The van der Waals surface area contributed by atoms with Gasteiger partial charge in [-0.05, 0) is 57.3 Å². The zero-order valence-electron chi connectivity index (χ0n) is 13.5. The van der Waals surface area contributed by atoms with E-state index in [0.717, 1.165) is 37.1 Å². The molecule has 1 aliphatic heterocycles. The third kappa shape index (κ3) is 4.64. The van der Waals surface area contributed by atoms with E-state index in [1.54, 1.807) is 0 Å². The van der Waals surface area contributed by atoms with Crippen LogP contribution in [-0.2, 0) is 13.1 Å². The maximum absolute atomic E-state index is 5.92. The zero-order chi connectivity index (χ0) is 14.5. The van der Waals surface area contributed by atoms with Crippen molar-refractivity contribution in [2.24, 2.45) is 11.8 Å². The number of piperidine rings is 1. The highest BCUT2D eigenvalue weighted by molar-refractivity contribution is 5.20. The molecule has 2 rings (SSSR count). The molecule has 0 amide bonds. The summed E-state index contributed by atoms with van der Waals surface area (Å²) in [6.45, 7) is 14.3. The minimum absolute atomic E-state index is 0.692. The summed E-state index contributed by atoms with van der Waals surface area (Å²) in [7, 11) is 0. The molecular formula is C17H30N2O. The van der Waals surface area contributed by atoms with Crippen molar-refractivity contribution < 1.29 is 4.42 Å². The van der Waals surface area contributed by atoms with Crippen molar-refractivity contribution in [1.82, 2.24) is 10.2 Å². The van der Waals surface area contributed by atoms with Crippen molar-refractivity contribution in [1.29, 1.82) is 0 Å². The fraction of sp³-hybridized carbons (Fsp3) is 0.765. The Bertz CT molecular complexity index is 403. The van der Waals surface area contributed by atoms with Crippen LogP contribution in [0.1, 0.15) is 50.7 Å². The summed E-state index contributed by atoms with van der Waals surface area (Å²) in [5.41, 5.74) is 1.31. The van der Waals surface area contributed by atoms with E-state index in [1.807, 2.05) is 0 Å². The minimum Gasteiger partial charge on any atom is -0.465 e. The van der Waals surface area contributed by atoms with E-state index in [2.05, 4.69) is 44.0 Å². The summed E-state index contributed by atoms with van der Waals surface area (Å²) in [5.74, 6) is 3.78. The third-order valence-electron chi connectivity index (χ3n) is 4.20. The smallest absolute Gasteiger partial charge is 0.118 e. The van der Waals surface area contributed by atoms with Gasteiger partial charge in [0.2, 0.25) is 0 Å². The second-order valence-electron chi connectivity index (χ2n) is 6.78. The van der Waals surface area contributed by atoms with Crippen LogP contribution in [-0.4, -0.2) is 24.5 Å². The quantitative estimate of drug-likeness (QED) is 0.862. The van der Waals surface area contributed by atoms with E-state index in [0.29, 0.717) is 5.92 Å². The average molecular weight is 278 g/mol. The Balaban J connectivity index is 1.83. The second-order valence-corrected chi connectivity index (χ2v) is 6.78. The van der Waals surface area contributed by atoms with Crippen molar-refractivity contribution in [3.8, 4) is 0 Å². The monoisotopic (exact) mass is 278 g/mol. The molecule has 1 aromatic rings. The summed E-state index contributed by atoms with van der Waals surface area (Å²) in [4.78, 5) is 2.52. The van der Waals surface area contributed by atoms with Crippen LogP contribution in [0.4, 0.5) is 0 Å². The molecule has 20 heavy (non-hydrogen) atoms. The summed E-state index contributed by atoms with van der Waals surface area (Å²) in [5, 5.41) is 3.49. The normalized spacial score (nSPS) is 18.1. The Morgan fingerprint density at radius 3 is 2.70 bits per heavy atom. The maximum atomic E-state index is 5.92. The number of furan rings is 1. The van der Waals surface area contributed by atoms with Gasteiger partial charge in [0.05, 0.1) is 6.54 Å². The Kier molecular flexibility index (Phi) is 5.67. The molecule has 1 aliphatic rings. The van der Waals surface area contributed by atoms with Gasteiger partial charge in [-0.25, -0.2) is 0 Å². The van der Waals surface area contributed by atoms with E-state index < -0.39 is 0 Å². The van der Waals surface area contributed by atoms with E-state index >= 15 is 0 Å². The standard InChI is InChI=1S/C17H30N2O/c1-13(2)10-18-11-16-9-17(20-15(16)4)12-19-7-5-14(3)6-8-19/h9,13-14,18H,5-8,10-12H2,1-4H3. The summed E-state index contributed by atoms with van der Waals surface area (Å²) >= 11 is 0. The molecule has 0 radical (unpaired) electrons. The highest BCUT2D eigenvalue weighted by Crippen LogP contribution is 2.21. The molecule has 3 nitrogen and oxygen atoms in total. The largest absolute Gasteiger partial charge is 0.465 e. The first-order chi connectivity index (χ1) is 9.54. The third-order valence-corrected chi connectivity index (χ3v) is 4.20. The van der Waals surface area contributed by atoms with E-state index in [9.17, 15) is 0 Å². The van der Waals surface area contributed by atoms with E-state index in [1.165, 1.54) is 31.5 Å². The molecule has 3 heteroatoms. The highest BCUT2D eigenvalue weighted by Gasteiger charge is 2.17. The van der Waals surface area contributed by atoms with Crippen LogP contribution in [0, 0.1) is 18.8 Å². The first-order valence-electron chi connectivity index (χ1n) is 8.06. The molecule has 1 aromatic heterocycles. The minimum atomic E-state index is 0.692. The van der Waals surface area contributed by atoms with Crippen LogP contribution >= 0.6 is 0 Å². The lowest BCUT2D eigenvalue weighted by atomic mass is 9.99. The van der Waals surface area contributed by atoms with Crippen molar-refractivity contribution in [3.63, 3.8) is 0 Å². The van der Waals surface area contributed by atoms with Crippen molar-refractivity contribution in [2.45, 2.75) is 53.6 Å². The Hall–Kier alpha value is -0.800. The molecule has 2 heterocycles. The second kappa shape index (κ2) is 7.28. The molecule has 0 aromatic carbocycles. The molecule has 1 fully saturated rings. The van der Waals surface area contributed by atoms with Gasteiger partial charge in [-0.2, -0.15) is 0 Å². The molecule has 0 bridgehead atoms. The van der Waals surface area contributed by atoms with Crippen molar-refractivity contribution in [2.75, 3.05) is 19.6 Å². The Morgan fingerprint density at radius 2 is 2.05 bits per heavy atom. The summed E-state index contributed by atoms with van der Waals surface area (Å²) < 4.78 is 5.92. The Morgan fingerprint density at radius 1 is 1.35 bits per heavy atom. The fourth-order valence-electron chi connectivity index (χ4n) is 2.78. The molecule has 114 valence electrons. The lowest BCUT2D eigenvalue weighted by Gasteiger charge is -2.29. The lowest BCUT2D eigenvalue weighted by molar-refractivity contribution is 0.173. The van der Waals surface area contributed by atoms with E-state index in [-0.39, 0.29) is 0 Å². The number of hydrogen-bond donors (Lipinski definition) is 1. The molecule has 0 unspecified atom stereocenters. The molecule has 1 N–H and O–H groups in total. The lowest BCUT2D eigenvalue weighted by Crippen LogP contribution is -2.32. The number of nitrogens with zero attached hydrogens (tertiary/aromatic N) is 1. The first kappa shape index (κ1) is 15.6. The van der Waals surface area contributed by atoms with Gasteiger partial charge in [0.25, 0.3) is 0 Å². The average Bonchev–Trinajstić information content (AvgIpc) is 2.72. The number of likely N-dealkylation sites (tertiary alicyclic amines) is 1. The van der Waals surface area contributed by atoms with Crippen LogP contribution < -0.4 is 5.32 Å². The number of rotatable bonds is 6. The SMILES string of the molecule is Cc1oc(CN2CCC(C)CC2)cc1CNCC(C)C. The van der Waals surface area contributed by atoms with Crippen LogP contribution in [0.2, 0.25) is 0 Å². The van der Waals surface area contributed by atoms with Crippen LogP contribution in [0.5, 0.6) is 0 Å². The molecular weight excluding hydrogens is 248 g/mol. The van der Waals surface area contributed by atoms with Crippen LogP contribution in [0.25, 0.3) is 0 Å². The van der Waals surface area contributed by atoms with Crippen molar-refractivity contribution in [3.05, 3.63) is 23.2 Å². The van der Waals surface area contributed by atoms with Crippen molar-refractivity contribution >= 4 is 0 Å².